The molecule has 1 fully saturated rings. The Labute approximate surface area is 149 Å². The Bertz CT molecular complexity index is 529. The van der Waals surface area contributed by atoms with E-state index in [0.717, 1.165) is 38.4 Å². The number of ether oxygens (including phenoxy) is 2. The van der Waals surface area contributed by atoms with Crippen molar-refractivity contribution in [3.8, 4) is 0 Å². The maximum atomic E-state index is 12.6. The summed E-state index contributed by atoms with van der Waals surface area (Å²) in [6.07, 6.45) is 1.40. The topological polar surface area (TPSA) is 59.1 Å². The predicted molar refractivity (Wildman–Crippen MR) is 95.2 cm³/mol. The minimum Gasteiger partial charge on any atom is -0.469 e. The number of rotatable bonds is 9. The molecule has 0 saturated carbocycles. The highest BCUT2D eigenvalue weighted by Gasteiger charge is 2.17. The summed E-state index contributed by atoms with van der Waals surface area (Å²) in [7, 11) is 1.37. The number of amides is 1. The van der Waals surface area contributed by atoms with Crippen molar-refractivity contribution in [2.75, 3.05) is 53.0 Å². The van der Waals surface area contributed by atoms with Gasteiger partial charge in [-0.15, -0.1) is 0 Å². The number of nitrogens with zero attached hydrogens (tertiary/aromatic N) is 2. The molecule has 0 aromatic heterocycles. The molecule has 138 valence electrons. The molecule has 0 unspecified atom stereocenters. The number of carbonyl (C=O) groups is 2. The number of aryl methyl sites for hydroxylation is 1. The maximum Gasteiger partial charge on any atom is 0.307 e. The van der Waals surface area contributed by atoms with Crippen LogP contribution in [0.15, 0.2) is 30.3 Å². The maximum absolute atomic E-state index is 12.6. The quantitative estimate of drug-likeness (QED) is 0.631. The number of morpholine rings is 1. The Balaban J connectivity index is 1.84. The molecule has 25 heavy (non-hydrogen) atoms. The van der Waals surface area contributed by atoms with E-state index in [1.54, 1.807) is 4.90 Å². The van der Waals surface area contributed by atoms with Crippen molar-refractivity contribution in [3.05, 3.63) is 35.9 Å². The molecule has 0 N–H and O–H groups in total. The molecule has 1 heterocycles. The van der Waals surface area contributed by atoms with Crippen LogP contribution in [0, 0.1) is 0 Å². The number of esters is 1. The highest BCUT2D eigenvalue weighted by molar-refractivity contribution is 5.77. The molecule has 0 spiro atoms. The lowest BCUT2D eigenvalue weighted by Gasteiger charge is -2.30. The van der Waals surface area contributed by atoms with Gasteiger partial charge in [0.25, 0.3) is 0 Å². The highest BCUT2D eigenvalue weighted by Crippen LogP contribution is 2.07. The second-order valence-corrected chi connectivity index (χ2v) is 6.15. The van der Waals surface area contributed by atoms with Gasteiger partial charge in [0.1, 0.15) is 0 Å². The van der Waals surface area contributed by atoms with Gasteiger partial charge >= 0.3 is 5.97 Å². The predicted octanol–water partition coefficient (Wildman–Crippen LogP) is 1.34. The summed E-state index contributed by atoms with van der Waals surface area (Å²) in [6.45, 7) is 5.11. The Morgan fingerprint density at radius 2 is 1.84 bits per heavy atom. The number of methoxy groups -OCH3 is 1. The summed E-state index contributed by atoms with van der Waals surface area (Å²) in [6, 6.07) is 9.98. The Morgan fingerprint density at radius 1 is 1.12 bits per heavy atom. The third-order valence-electron chi connectivity index (χ3n) is 4.43. The van der Waals surface area contributed by atoms with Crippen LogP contribution in [0.1, 0.15) is 18.4 Å². The van der Waals surface area contributed by atoms with E-state index in [2.05, 4.69) is 4.90 Å². The van der Waals surface area contributed by atoms with Crippen molar-refractivity contribution in [2.24, 2.45) is 0 Å². The molecule has 0 atom stereocenters. The van der Waals surface area contributed by atoms with Gasteiger partial charge in [-0.25, -0.2) is 0 Å². The lowest BCUT2D eigenvalue weighted by Crippen LogP contribution is -2.43. The summed E-state index contributed by atoms with van der Waals surface area (Å²) < 4.78 is 10.1. The molecule has 0 bridgehead atoms. The SMILES string of the molecule is COC(=O)CCN(CCN1CCOCC1)C(=O)CCc1ccccc1. The second kappa shape index (κ2) is 10.8. The third-order valence-corrected chi connectivity index (χ3v) is 4.43. The van der Waals surface area contributed by atoms with Crippen LogP contribution in [-0.2, 0) is 25.5 Å². The first-order chi connectivity index (χ1) is 12.2. The van der Waals surface area contributed by atoms with Crippen molar-refractivity contribution in [3.63, 3.8) is 0 Å². The van der Waals surface area contributed by atoms with Crippen LogP contribution in [0.5, 0.6) is 0 Å². The lowest BCUT2D eigenvalue weighted by molar-refractivity contribution is -0.141. The van der Waals surface area contributed by atoms with Crippen molar-refractivity contribution >= 4 is 11.9 Å². The minimum absolute atomic E-state index is 0.0843. The van der Waals surface area contributed by atoms with Gasteiger partial charge in [0, 0.05) is 39.1 Å². The average Bonchev–Trinajstić information content (AvgIpc) is 2.67. The molecular weight excluding hydrogens is 320 g/mol. The largest absolute Gasteiger partial charge is 0.469 e. The molecule has 2 rings (SSSR count). The molecule has 0 radical (unpaired) electrons. The van der Waals surface area contributed by atoms with E-state index in [4.69, 9.17) is 9.47 Å². The smallest absolute Gasteiger partial charge is 0.307 e. The highest BCUT2D eigenvalue weighted by atomic mass is 16.5. The standard InChI is InChI=1S/C19H28N2O4/c1-24-19(23)9-10-21(12-11-20-13-15-25-16-14-20)18(22)8-7-17-5-3-2-4-6-17/h2-6H,7-16H2,1H3. The van der Waals surface area contributed by atoms with Crippen molar-refractivity contribution in [2.45, 2.75) is 19.3 Å². The Morgan fingerprint density at radius 3 is 2.52 bits per heavy atom. The van der Waals surface area contributed by atoms with Gasteiger partial charge in [-0.05, 0) is 12.0 Å². The van der Waals surface area contributed by atoms with E-state index in [9.17, 15) is 9.59 Å². The van der Waals surface area contributed by atoms with E-state index in [0.29, 0.717) is 25.9 Å². The van der Waals surface area contributed by atoms with Crippen LogP contribution in [-0.4, -0.2) is 74.7 Å². The van der Waals surface area contributed by atoms with Crippen LogP contribution >= 0.6 is 0 Å². The van der Waals surface area contributed by atoms with Gasteiger partial charge in [-0.2, -0.15) is 0 Å². The summed E-state index contributed by atoms with van der Waals surface area (Å²) in [4.78, 5) is 28.1. The molecule has 1 amide bonds. The zero-order chi connectivity index (χ0) is 17.9. The summed E-state index contributed by atoms with van der Waals surface area (Å²) in [5.41, 5.74) is 1.15. The monoisotopic (exact) mass is 348 g/mol. The number of hydrogen-bond acceptors (Lipinski definition) is 5. The number of benzene rings is 1. The molecule has 1 aliphatic rings. The van der Waals surface area contributed by atoms with Gasteiger partial charge in [-0.3, -0.25) is 14.5 Å². The Hall–Kier alpha value is -1.92. The minimum atomic E-state index is -0.285. The summed E-state index contributed by atoms with van der Waals surface area (Å²) in [5.74, 6) is -0.201. The van der Waals surface area contributed by atoms with Crippen LogP contribution in [0.3, 0.4) is 0 Å². The fourth-order valence-corrected chi connectivity index (χ4v) is 2.83. The molecule has 6 heteroatoms. The first-order valence-electron chi connectivity index (χ1n) is 8.87. The normalized spacial score (nSPS) is 14.9. The molecule has 1 aliphatic heterocycles. The van der Waals surface area contributed by atoms with Crippen molar-refractivity contribution < 1.29 is 19.1 Å². The Kier molecular flexibility index (Phi) is 8.42. The molecule has 1 aromatic rings. The number of carbonyl (C=O) groups excluding carboxylic acids is 2. The number of hydrogen-bond donors (Lipinski definition) is 0. The molecule has 1 saturated heterocycles. The first-order valence-corrected chi connectivity index (χ1v) is 8.87. The third kappa shape index (κ3) is 7.23. The van der Waals surface area contributed by atoms with E-state index in [1.165, 1.54) is 7.11 Å². The van der Waals surface area contributed by atoms with Crippen molar-refractivity contribution in [1.82, 2.24) is 9.80 Å². The van der Waals surface area contributed by atoms with Crippen LogP contribution in [0.25, 0.3) is 0 Å². The van der Waals surface area contributed by atoms with E-state index < -0.39 is 0 Å². The molecule has 1 aromatic carbocycles. The molecule has 6 nitrogen and oxygen atoms in total. The van der Waals surface area contributed by atoms with Gasteiger partial charge < -0.3 is 14.4 Å². The molecular formula is C19H28N2O4. The van der Waals surface area contributed by atoms with E-state index in [-0.39, 0.29) is 18.3 Å². The summed E-state index contributed by atoms with van der Waals surface area (Å²) >= 11 is 0. The summed E-state index contributed by atoms with van der Waals surface area (Å²) in [5, 5.41) is 0. The van der Waals surface area contributed by atoms with Gasteiger partial charge in [0.05, 0.1) is 26.7 Å². The average molecular weight is 348 g/mol. The zero-order valence-electron chi connectivity index (χ0n) is 15.0. The fraction of sp³-hybridized carbons (Fsp3) is 0.579. The zero-order valence-corrected chi connectivity index (χ0v) is 15.0. The van der Waals surface area contributed by atoms with E-state index in [1.807, 2.05) is 30.3 Å². The van der Waals surface area contributed by atoms with Gasteiger partial charge in [0.2, 0.25) is 5.91 Å². The van der Waals surface area contributed by atoms with Gasteiger partial charge in [-0.1, -0.05) is 30.3 Å². The van der Waals surface area contributed by atoms with Crippen LogP contribution in [0.4, 0.5) is 0 Å². The van der Waals surface area contributed by atoms with Crippen LogP contribution in [0.2, 0.25) is 0 Å². The lowest BCUT2D eigenvalue weighted by atomic mass is 10.1. The second-order valence-electron chi connectivity index (χ2n) is 6.15. The fourth-order valence-electron chi connectivity index (χ4n) is 2.83. The molecule has 0 aliphatic carbocycles. The first kappa shape index (κ1) is 19.4. The van der Waals surface area contributed by atoms with Crippen molar-refractivity contribution in [1.29, 1.82) is 0 Å². The van der Waals surface area contributed by atoms with E-state index >= 15 is 0 Å². The van der Waals surface area contributed by atoms with Gasteiger partial charge in [0.15, 0.2) is 0 Å². The van der Waals surface area contributed by atoms with Crippen LogP contribution < -0.4 is 0 Å².